The van der Waals surface area contributed by atoms with E-state index in [1.54, 1.807) is 11.3 Å². The highest BCUT2D eigenvalue weighted by atomic mass is 32.1. The third kappa shape index (κ3) is 6.89. The Morgan fingerprint density at radius 3 is 2.77 bits per heavy atom. The second-order valence-corrected chi connectivity index (χ2v) is 11.9. The van der Waals surface area contributed by atoms with E-state index in [0.717, 1.165) is 71.2 Å². The maximum atomic E-state index is 13.2. The molecular formula is C31H39N5O3S. The average Bonchev–Trinajstić information content (AvgIpc) is 3.61. The summed E-state index contributed by atoms with van der Waals surface area (Å²) < 4.78 is 5.19. The Bertz CT molecular complexity index is 1340. The second-order valence-electron chi connectivity index (χ2n) is 10.8. The van der Waals surface area contributed by atoms with Crippen LogP contribution in [0.2, 0.25) is 0 Å². The van der Waals surface area contributed by atoms with E-state index in [1.165, 1.54) is 0 Å². The van der Waals surface area contributed by atoms with Gasteiger partial charge in [0, 0.05) is 53.6 Å². The highest BCUT2D eigenvalue weighted by Gasteiger charge is 2.30. The van der Waals surface area contributed by atoms with Gasteiger partial charge < -0.3 is 26.0 Å². The maximum Gasteiger partial charge on any atom is 0.308 e. The lowest BCUT2D eigenvalue weighted by Crippen LogP contribution is -2.51. The van der Waals surface area contributed by atoms with Crippen molar-refractivity contribution in [2.45, 2.75) is 64.7 Å². The van der Waals surface area contributed by atoms with Crippen molar-refractivity contribution < 1.29 is 14.3 Å². The number of hydrogen-bond donors (Lipinski definition) is 4. The Morgan fingerprint density at radius 2 is 2.00 bits per heavy atom. The Hall–Kier alpha value is -3.27. The SMILES string of the molecule is CCOC(=O)[C@@H]1CC[C@H](NCc2cnc(-c3cccc([C@@H](C)NC(=O)c4cc(NC5CNC5)ccc4C)c3)s2)C1. The molecule has 0 unspecified atom stereocenters. The van der Waals surface area contributed by atoms with Gasteiger partial charge in [0.1, 0.15) is 5.01 Å². The zero-order chi connectivity index (χ0) is 28.1. The first-order valence-electron chi connectivity index (χ1n) is 14.2. The average molecular weight is 562 g/mol. The number of hydrogen-bond acceptors (Lipinski definition) is 8. The smallest absolute Gasteiger partial charge is 0.308 e. The van der Waals surface area contributed by atoms with Crippen LogP contribution in [0, 0.1) is 12.8 Å². The van der Waals surface area contributed by atoms with Gasteiger partial charge in [-0.1, -0.05) is 24.3 Å². The molecule has 1 aromatic heterocycles. The van der Waals surface area contributed by atoms with Crippen molar-refractivity contribution in [2.75, 3.05) is 25.0 Å². The second kappa shape index (κ2) is 12.9. The molecule has 2 fully saturated rings. The molecule has 9 heteroatoms. The number of carbonyl (C=O) groups is 2. The van der Waals surface area contributed by atoms with Gasteiger partial charge >= 0.3 is 5.97 Å². The van der Waals surface area contributed by atoms with E-state index in [4.69, 9.17) is 4.74 Å². The van der Waals surface area contributed by atoms with Crippen LogP contribution in [-0.2, 0) is 16.1 Å². The van der Waals surface area contributed by atoms with Crippen LogP contribution in [0.5, 0.6) is 0 Å². The fourth-order valence-corrected chi connectivity index (χ4v) is 6.15. The van der Waals surface area contributed by atoms with Crippen molar-refractivity contribution in [1.82, 2.24) is 20.9 Å². The molecule has 3 aromatic rings. The first-order valence-corrected chi connectivity index (χ1v) is 15.0. The molecule has 0 bridgehead atoms. The molecule has 212 valence electrons. The number of ether oxygens (including phenoxy) is 1. The zero-order valence-corrected chi connectivity index (χ0v) is 24.3. The topological polar surface area (TPSA) is 104 Å². The van der Waals surface area contributed by atoms with Crippen molar-refractivity contribution in [1.29, 1.82) is 0 Å². The van der Waals surface area contributed by atoms with Crippen LogP contribution in [0.15, 0.2) is 48.7 Å². The molecule has 8 nitrogen and oxygen atoms in total. The molecule has 0 spiro atoms. The van der Waals surface area contributed by atoms with Crippen molar-refractivity contribution in [2.24, 2.45) is 5.92 Å². The molecule has 1 saturated heterocycles. The highest BCUT2D eigenvalue weighted by molar-refractivity contribution is 7.15. The summed E-state index contributed by atoms with van der Waals surface area (Å²) in [6.07, 6.45) is 4.62. The predicted octanol–water partition coefficient (Wildman–Crippen LogP) is 4.81. The number of rotatable bonds is 11. The summed E-state index contributed by atoms with van der Waals surface area (Å²) in [5, 5.41) is 14.5. The standard InChI is InChI=1S/C31H39N5O3S/c1-4-39-31(38)23-9-11-24(13-23)33-17-27-18-34-30(40-27)22-7-5-6-21(12-22)20(3)35-29(37)28-14-25(10-8-19(28)2)36-26-15-32-16-26/h5-8,10,12,14,18,20,23-24,26,32-33,36H,4,9,11,13,15-17H2,1-3H3,(H,35,37)/t20-,23-,24+/m1/s1. The molecule has 2 aliphatic rings. The monoisotopic (exact) mass is 561 g/mol. The van der Waals surface area contributed by atoms with E-state index in [1.807, 2.05) is 57.3 Å². The number of aryl methyl sites for hydroxylation is 1. The van der Waals surface area contributed by atoms with E-state index in [2.05, 4.69) is 38.4 Å². The van der Waals surface area contributed by atoms with Crippen LogP contribution in [-0.4, -0.2) is 48.6 Å². The van der Waals surface area contributed by atoms with Gasteiger partial charge in [0.15, 0.2) is 0 Å². The minimum Gasteiger partial charge on any atom is -0.466 e. The molecule has 5 rings (SSSR count). The molecule has 3 atom stereocenters. The Morgan fingerprint density at radius 1 is 1.15 bits per heavy atom. The van der Waals surface area contributed by atoms with E-state index in [0.29, 0.717) is 24.3 Å². The minimum absolute atomic E-state index is 0.00842. The van der Waals surface area contributed by atoms with Crippen LogP contribution in [0.4, 0.5) is 5.69 Å². The van der Waals surface area contributed by atoms with Crippen molar-refractivity contribution in [3.8, 4) is 10.6 Å². The van der Waals surface area contributed by atoms with E-state index in [-0.39, 0.29) is 23.8 Å². The molecule has 2 aromatic carbocycles. The first-order chi connectivity index (χ1) is 19.4. The van der Waals surface area contributed by atoms with E-state index >= 15 is 0 Å². The van der Waals surface area contributed by atoms with Gasteiger partial charge in [-0.05, 0) is 69.4 Å². The number of anilines is 1. The fourth-order valence-electron chi connectivity index (χ4n) is 5.29. The Kier molecular flexibility index (Phi) is 9.14. The predicted molar refractivity (Wildman–Crippen MR) is 159 cm³/mol. The number of amides is 1. The lowest BCUT2D eigenvalue weighted by Gasteiger charge is -2.29. The minimum atomic E-state index is -0.157. The van der Waals surface area contributed by atoms with E-state index in [9.17, 15) is 9.59 Å². The molecule has 2 heterocycles. The van der Waals surface area contributed by atoms with E-state index < -0.39 is 0 Å². The quantitative estimate of drug-likeness (QED) is 0.249. The molecule has 40 heavy (non-hydrogen) atoms. The number of nitrogens with one attached hydrogen (secondary N) is 4. The lowest BCUT2D eigenvalue weighted by atomic mass is 10.0. The molecule has 1 aliphatic carbocycles. The highest BCUT2D eigenvalue weighted by Crippen LogP contribution is 2.30. The van der Waals surface area contributed by atoms with Gasteiger partial charge in [-0.2, -0.15) is 0 Å². The van der Waals surface area contributed by atoms with Gasteiger partial charge in [-0.25, -0.2) is 4.98 Å². The van der Waals surface area contributed by atoms with Gasteiger partial charge in [-0.3, -0.25) is 9.59 Å². The van der Waals surface area contributed by atoms with Gasteiger partial charge in [0.2, 0.25) is 0 Å². The van der Waals surface area contributed by atoms with Gasteiger partial charge in [-0.15, -0.1) is 11.3 Å². The van der Waals surface area contributed by atoms with Gasteiger partial charge in [0.05, 0.1) is 24.6 Å². The summed E-state index contributed by atoms with van der Waals surface area (Å²) in [7, 11) is 0. The maximum absolute atomic E-state index is 13.2. The zero-order valence-electron chi connectivity index (χ0n) is 23.5. The first kappa shape index (κ1) is 28.3. The summed E-state index contributed by atoms with van der Waals surface area (Å²) in [4.78, 5) is 31.1. The van der Waals surface area contributed by atoms with Crippen LogP contribution in [0.1, 0.15) is 65.5 Å². The molecule has 4 N–H and O–H groups in total. The molecule has 1 aliphatic heterocycles. The summed E-state index contributed by atoms with van der Waals surface area (Å²) in [5.41, 5.74) is 4.68. The number of benzene rings is 2. The van der Waals surface area contributed by atoms with Gasteiger partial charge in [0.25, 0.3) is 5.91 Å². The summed E-state index contributed by atoms with van der Waals surface area (Å²) in [6, 6.07) is 14.8. The van der Waals surface area contributed by atoms with Crippen molar-refractivity contribution in [3.05, 3.63) is 70.2 Å². The molecule has 1 amide bonds. The third-order valence-corrected chi connectivity index (χ3v) is 8.83. The van der Waals surface area contributed by atoms with Crippen LogP contribution in [0.3, 0.4) is 0 Å². The number of thiazole rings is 1. The lowest BCUT2D eigenvalue weighted by molar-refractivity contribution is -0.147. The number of carbonyl (C=O) groups excluding carboxylic acids is 2. The third-order valence-electron chi connectivity index (χ3n) is 7.79. The van der Waals surface area contributed by atoms with Crippen LogP contribution < -0.4 is 21.3 Å². The van der Waals surface area contributed by atoms with Crippen LogP contribution in [0.25, 0.3) is 10.6 Å². The largest absolute Gasteiger partial charge is 0.466 e. The molecule has 0 radical (unpaired) electrons. The summed E-state index contributed by atoms with van der Waals surface area (Å²) in [6.45, 7) is 8.88. The summed E-state index contributed by atoms with van der Waals surface area (Å²) >= 11 is 1.67. The number of aromatic nitrogens is 1. The van der Waals surface area contributed by atoms with Crippen molar-refractivity contribution >= 4 is 28.9 Å². The number of esters is 1. The fraction of sp³-hybridized carbons (Fsp3) is 0.452. The normalized spacial score (nSPS) is 19.6. The Labute approximate surface area is 240 Å². The van der Waals surface area contributed by atoms with Crippen molar-refractivity contribution in [3.63, 3.8) is 0 Å². The summed E-state index contributed by atoms with van der Waals surface area (Å²) in [5.74, 6) is -0.140. The van der Waals surface area contributed by atoms with Crippen LogP contribution >= 0.6 is 11.3 Å². The molecule has 1 saturated carbocycles. The molecular weight excluding hydrogens is 522 g/mol. The number of nitrogens with zero attached hydrogens (tertiary/aromatic N) is 1. The Balaban J connectivity index is 1.17.